The van der Waals surface area contributed by atoms with Crippen LogP contribution in [-0.2, 0) is 84.4 Å². The summed E-state index contributed by atoms with van der Waals surface area (Å²) >= 11 is 1.61. The van der Waals surface area contributed by atoms with Crippen LogP contribution in [0, 0.1) is 30.6 Å². The minimum atomic E-state index is -3.29. The van der Waals surface area contributed by atoms with Gasteiger partial charge in [0.25, 0.3) is 19.4 Å². The van der Waals surface area contributed by atoms with Gasteiger partial charge >= 0.3 is 12.0 Å². The van der Waals surface area contributed by atoms with E-state index in [1.807, 2.05) is 26.0 Å². The summed E-state index contributed by atoms with van der Waals surface area (Å²) in [6.45, 7) is 34.4. The van der Waals surface area contributed by atoms with Gasteiger partial charge in [-0.3, -0.25) is 19.2 Å². The zero-order valence-corrected chi connectivity index (χ0v) is 80.3. The standard InChI is InChI=1S/C27H36N2O5S.C26H36N4O4.C25H38N2O3.C24H33N3O3S/c1-19(2)18-29(22-11-15-34-16-12-22)25-10-5-20(27(26(30)31)13-4-14-27)17-24(25)28-21-6-8-23(9-7-21)35(3,32)33;1-4-33-25-27-15-21(16-28-25)29-23-14-20(26(34-18-31)10-5-11-26)6-7-24(23)30(17-19(2)3)22-8-12-32-13-9-22;1-19(2)17-27(22-10-14-29-15-11-22)24-9-8-20(25(30-18-28)12-5-13-25)16-23(24)26-21-6-3-4-7-21;1-17(2)14-27(20-7-11-29-12-8-20)22-6-5-19(24(30-16-28)9-4-10-24)13-21(22)26-23-25-18(3)15-31-23/h5-10,17,19,22,28H,4,11-16,18H2,1-3H3,(H,30,31);6-7,14-16,18-19,22,29H,4-5,8-13,17H2,1-3H3;8-9,16,18-19,21-22,26H,3-7,10-15,17H2,1-2H3;5-6,13,15-17,20H,4,7-12,14H2,1-3H3,(H,25,26). The Labute approximate surface area is 775 Å². The van der Waals surface area contributed by atoms with Gasteiger partial charge in [0.05, 0.1) is 86.2 Å². The number of nitrogens with one attached hydrogen (secondary N) is 4. The third-order valence-corrected chi connectivity index (χ3v) is 29.4. The number of rotatable bonds is 38. The van der Waals surface area contributed by atoms with Gasteiger partial charge in [-0.25, -0.2) is 23.4 Å². The lowest BCUT2D eigenvalue weighted by Crippen LogP contribution is -2.43. The fourth-order valence-electron chi connectivity index (χ4n) is 19.9. The van der Waals surface area contributed by atoms with Crippen molar-refractivity contribution in [3.05, 3.63) is 143 Å². The van der Waals surface area contributed by atoms with Gasteiger partial charge < -0.3 is 83.9 Å². The molecule has 2 aromatic heterocycles. The van der Waals surface area contributed by atoms with E-state index in [1.54, 1.807) is 48.0 Å². The van der Waals surface area contributed by atoms with Crippen LogP contribution >= 0.6 is 11.3 Å². The van der Waals surface area contributed by atoms with Crippen LogP contribution in [0.25, 0.3) is 0 Å². The third-order valence-electron chi connectivity index (χ3n) is 27.4. The molecule has 6 heterocycles. The van der Waals surface area contributed by atoms with Crippen LogP contribution in [0.3, 0.4) is 0 Å². The summed E-state index contributed by atoms with van der Waals surface area (Å²) < 4.78 is 68.5. The van der Waals surface area contributed by atoms with Crippen molar-refractivity contribution in [1.82, 2.24) is 15.0 Å². The lowest BCUT2D eigenvalue weighted by atomic mass is 9.64. The van der Waals surface area contributed by atoms with E-state index in [0.717, 1.165) is 267 Å². The molecule has 5 aromatic carbocycles. The normalized spacial score (nSPS) is 19.0. The maximum Gasteiger partial charge on any atom is 0.316 e. The van der Waals surface area contributed by atoms with Crippen molar-refractivity contribution < 1.29 is 70.6 Å². The van der Waals surface area contributed by atoms with Crippen LogP contribution in [0.4, 0.5) is 62.0 Å². The molecular weight excluding hydrogens is 1680 g/mol. The molecule has 9 fully saturated rings. The Morgan fingerprint density at radius 3 is 1.14 bits per heavy atom. The summed E-state index contributed by atoms with van der Waals surface area (Å²) in [5.41, 5.74) is 12.9. The average molecular weight is 1830 g/mol. The number of carbonyl (C=O) groups excluding carboxylic acids is 3. The van der Waals surface area contributed by atoms with Crippen molar-refractivity contribution in [1.29, 1.82) is 0 Å². The second-order valence-corrected chi connectivity index (χ2v) is 41.6. The first-order valence-corrected chi connectivity index (χ1v) is 50.8. The smallest absolute Gasteiger partial charge is 0.316 e. The Morgan fingerprint density at radius 1 is 0.477 bits per heavy atom. The van der Waals surface area contributed by atoms with Gasteiger partial charge in [-0.1, -0.05) is 98.9 Å². The molecule has 0 amide bonds. The lowest BCUT2D eigenvalue weighted by molar-refractivity contribution is -0.156. The van der Waals surface area contributed by atoms with E-state index >= 15 is 0 Å². The molecule has 0 spiro atoms. The second-order valence-electron chi connectivity index (χ2n) is 38.7. The van der Waals surface area contributed by atoms with Gasteiger partial charge in [0.15, 0.2) is 15.0 Å². The Kier molecular flexibility index (Phi) is 34.7. The summed E-state index contributed by atoms with van der Waals surface area (Å²) in [6.07, 6.45) is 28.5. The topological polar surface area (TPSA) is 296 Å². The number of aromatic nitrogens is 3. The van der Waals surface area contributed by atoms with Crippen molar-refractivity contribution in [2.24, 2.45) is 23.7 Å². The number of sulfone groups is 1. The molecule has 9 aliphatic rings. The Morgan fingerprint density at radius 2 is 0.823 bits per heavy atom. The fourth-order valence-corrected chi connectivity index (χ4v) is 21.2. The highest BCUT2D eigenvalue weighted by Gasteiger charge is 2.48. The van der Waals surface area contributed by atoms with E-state index < -0.39 is 38.0 Å². The summed E-state index contributed by atoms with van der Waals surface area (Å²) in [5.74, 6) is 1.29. The molecule has 0 atom stereocenters. The van der Waals surface area contributed by atoms with Gasteiger partial charge in [-0.2, -0.15) is 0 Å². The molecule has 4 saturated heterocycles. The summed E-state index contributed by atoms with van der Waals surface area (Å²) in [4.78, 5) is 69.5. The minimum absolute atomic E-state index is 0.264. The molecule has 0 radical (unpaired) electrons. The Bertz CT molecular complexity index is 4890. The summed E-state index contributed by atoms with van der Waals surface area (Å²) in [5, 5.41) is 27.5. The maximum absolute atomic E-state index is 12.2. The molecule has 4 aliphatic heterocycles. The van der Waals surface area contributed by atoms with Crippen molar-refractivity contribution in [2.75, 3.05) is 133 Å². The zero-order valence-electron chi connectivity index (χ0n) is 78.7. The number of hydrogen-bond donors (Lipinski definition) is 5. The number of aryl methyl sites for hydroxylation is 1. The van der Waals surface area contributed by atoms with E-state index in [1.165, 1.54) is 49.0 Å². The molecule has 16 rings (SSSR count). The molecule has 26 nitrogen and oxygen atoms in total. The number of benzene rings is 5. The second kappa shape index (κ2) is 45.9. The van der Waals surface area contributed by atoms with Gasteiger partial charge in [0.2, 0.25) is 0 Å². The summed E-state index contributed by atoms with van der Waals surface area (Å²) in [7, 11) is -3.29. The van der Waals surface area contributed by atoms with E-state index in [2.05, 4.69) is 177 Å². The van der Waals surface area contributed by atoms with Crippen LogP contribution in [0.1, 0.15) is 244 Å². The average Bonchev–Trinajstić information content (AvgIpc) is 0.820. The van der Waals surface area contributed by atoms with Crippen LogP contribution in [-0.4, -0.2) is 176 Å². The maximum atomic E-state index is 12.2. The van der Waals surface area contributed by atoms with Gasteiger partial charge in [0, 0.05) is 127 Å². The van der Waals surface area contributed by atoms with E-state index in [-0.39, 0.29) is 4.90 Å². The molecule has 0 unspecified atom stereocenters. The molecule has 0 bridgehead atoms. The molecule has 28 heteroatoms. The zero-order chi connectivity index (χ0) is 92.0. The number of thiazole rings is 1. The van der Waals surface area contributed by atoms with Gasteiger partial charge in [-0.05, 0) is 267 Å². The number of nitrogens with zero attached hydrogens (tertiary/aromatic N) is 7. The van der Waals surface area contributed by atoms with Gasteiger partial charge in [0.1, 0.15) is 16.8 Å². The summed E-state index contributed by atoms with van der Waals surface area (Å²) in [6, 6.07) is 35.0. The van der Waals surface area contributed by atoms with Crippen molar-refractivity contribution >= 4 is 109 Å². The number of aliphatic carboxylic acids is 1. The first-order chi connectivity index (χ1) is 62.8. The fraction of sp³-hybridized carbons (Fsp3) is 0.598. The third kappa shape index (κ3) is 24.8. The highest BCUT2D eigenvalue weighted by atomic mass is 32.2. The Balaban J connectivity index is 0.000000148. The molecule has 7 aromatic rings. The van der Waals surface area contributed by atoms with Crippen LogP contribution < -0.4 is 45.6 Å². The molecule has 708 valence electrons. The van der Waals surface area contributed by atoms with Gasteiger partial charge in [-0.15, -0.1) is 11.3 Å². The molecular formula is C102H143N11O15S2. The molecule has 130 heavy (non-hydrogen) atoms. The quantitative estimate of drug-likeness (QED) is 0.0177. The number of hydrogen-bond acceptors (Lipinski definition) is 26. The van der Waals surface area contributed by atoms with Crippen LogP contribution in [0.15, 0.2) is 120 Å². The minimum Gasteiger partial charge on any atom is -0.481 e. The monoisotopic (exact) mass is 1830 g/mol. The highest BCUT2D eigenvalue weighted by molar-refractivity contribution is 7.90. The Hall–Kier alpha value is -9.32. The lowest BCUT2D eigenvalue weighted by Gasteiger charge is -2.42. The number of carbonyl (C=O) groups is 4. The van der Waals surface area contributed by atoms with Crippen molar-refractivity contribution in [2.45, 2.75) is 281 Å². The van der Waals surface area contributed by atoms with E-state index in [0.29, 0.717) is 98.8 Å². The number of carboxylic acids is 1. The van der Waals surface area contributed by atoms with Crippen LogP contribution in [0.2, 0.25) is 0 Å². The molecule has 5 saturated carbocycles. The van der Waals surface area contributed by atoms with E-state index in [9.17, 15) is 32.7 Å². The molecule has 5 N–H and O–H groups in total. The SMILES string of the molecule is CC(C)CN(c1ccc(C2(C(=O)O)CCC2)cc1Nc1ccc(S(C)(=O)=O)cc1)C1CCOCC1.CC(C)CN(c1ccc(C2(OC=O)CCC2)cc1NC1CCCC1)C1CCOCC1.CCOc1ncc(Nc2cc(C3(OC=O)CCC3)ccc2N(CC(C)C)C2CCOCC2)cn1.Cc1csc(Nc2cc(C3(OC=O)CCC3)ccc2N(CC(C)C)C2CCOCC2)n1. The first-order valence-electron chi connectivity index (χ1n) is 48.0. The predicted octanol–water partition coefficient (Wildman–Crippen LogP) is 20.4. The predicted molar refractivity (Wildman–Crippen MR) is 516 cm³/mol. The van der Waals surface area contributed by atoms with Crippen LogP contribution in [0.5, 0.6) is 6.01 Å². The number of ether oxygens (including phenoxy) is 8. The number of carboxylic acid groups (broad SMARTS) is 1. The number of anilines is 11. The van der Waals surface area contributed by atoms with E-state index in [4.69, 9.17) is 37.9 Å². The van der Waals surface area contributed by atoms with Crippen molar-refractivity contribution in [3.8, 4) is 6.01 Å². The largest absolute Gasteiger partial charge is 0.481 e. The molecule has 5 aliphatic carbocycles. The highest BCUT2D eigenvalue weighted by Crippen LogP contribution is 2.52. The first kappa shape index (κ1) is 98.2. The van der Waals surface area contributed by atoms with Crippen molar-refractivity contribution in [3.63, 3.8) is 0 Å².